The lowest BCUT2D eigenvalue weighted by Gasteiger charge is -2.17. The summed E-state index contributed by atoms with van der Waals surface area (Å²) in [5.74, 6) is 0. The number of benzene rings is 2. The summed E-state index contributed by atoms with van der Waals surface area (Å²) in [5.41, 5.74) is 0.485. The molecule has 0 saturated heterocycles. The lowest BCUT2D eigenvalue weighted by atomic mass is 10.0. The van der Waals surface area contributed by atoms with Gasteiger partial charge in [-0.25, -0.2) is 9.97 Å². The summed E-state index contributed by atoms with van der Waals surface area (Å²) in [7, 11) is 0. The van der Waals surface area contributed by atoms with E-state index in [-0.39, 0.29) is 11.7 Å². The third-order valence-corrected chi connectivity index (χ3v) is 4.19. The number of nitro benzene ring substituents is 1. The molecule has 1 heterocycles. The molecule has 0 aliphatic rings. The van der Waals surface area contributed by atoms with Gasteiger partial charge in [0.05, 0.1) is 4.92 Å². The molecular formula is C19H15F3N4O2. The summed E-state index contributed by atoms with van der Waals surface area (Å²) in [4.78, 5) is 17.7. The van der Waals surface area contributed by atoms with Gasteiger partial charge in [0.15, 0.2) is 0 Å². The number of hydrogen-bond acceptors (Lipinski definition) is 5. The van der Waals surface area contributed by atoms with Crippen molar-refractivity contribution in [3.8, 4) is 11.1 Å². The van der Waals surface area contributed by atoms with Gasteiger partial charge in [0.2, 0.25) is 0 Å². The van der Waals surface area contributed by atoms with E-state index in [1.165, 1.54) is 12.4 Å². The number of anilines is 1. The number of nitrogens with one attached hydrogen (secondary N) is 1. The third-order valence-electron chi connectivity index (χ3n) is 4.19. The average Bonchev–Trinajstić information content (AvgIpc) is 2.68. The number of hydrogen-bond donors (Lipinski definition) is 1. The fourth-order valence-corrected chi connectivity index (χ4v) is 2.76. The van der Waals surface area contributed by atoms with E-state index in [2.05, 4.69) is 15.3 Å². The van der Waals surface area contributed by atoms with Crippen molar-refractivity contribution in [2.24, 2.45) is 0 Å². The Morgan fingerprint density at radius 2 is 1.68 bits per heavy atom. The van der Waals surface area contributed by atoms with Crippen LogP contribution in [0.5, 0.6) is 0 Å². The van der Waals surface area contributed by atoms with E-state index in [0.717, 1.165) is 28.8 Å². The van der Waals surface area contributed by atoms with Crippen LogP contribution in [0.2, 0.25) is 0 Å². The lowest BCUT2D eigenvalue weighted by molar-refractivity contribution is -0.388. The van der Waals surface area contributed by atoms with Crippen molar-refractivity contribution in [3.63, 3.8) is 0 Å². The Hall–Kier alpha value is -3.49. The predicted molar refractivity (Wildman–Crippen MR) is 97.6 cm³/mol. The van der Waals surface area contributed by atoms with E-state index < -0.39 is 22.4 Å². The van der Waals surface area contributed by atoms with Crippen LogP contribution in [0.3, 0.4) is 0 Å². The Balaban J connectivity index is 1.81. The Morgan fingerprint density at radius 3 is 2.25 bits per heavy atom. The van der Waals surface area contributed by atoms with Crippen LogP contribution in [0.4, 0.5) is 24.5 Å². The largest absolute Gasteiger partial charge is 0.423 e. The number of rotatable bonds is 5. The Kier molecular flexibility index (Phi) is 5.25. The Labute approximate surface area is 158 Å². The van der Waals surface area contributed by atoms with Gasteiger partial charge in [0, 0.05) is 35.8 Å². The molecule has 1 unspecified atom stereocenters. The molecule has 144 valence electrons. The van der Waals surface area contributed by atoms with Gasteiger partial charge in [0.25, 0.3) is 5.69 Å². The van der Waals surface area contributed by atoms with Gasteiger partial charge in [-0.3, -0.25) is 10.1 Å². The smallest absolute Gasteiger partial charge is 0.379 e. The normalized spacial score (nSPS) is 12.4. The zero-order chi connectivity index (χ0) is 20.3. The van der Waals surface area contributed by atoms with Crippen molar-refractivity contribution in [1.82, 2.24) is 9.97 Å². The molecule has 1 atom stereocenters. The SMILES string of the molecule is CC(Nc1ccc([N+](=O)[O-])c(C(F)(F)F)c1)c1ccc(-c2cncnc2)cc1. The minimum absolute atomic E-state index is 0.144. The summed E-state index contributed by atoms with van der Waals surface area (Å²) in [6.07, 6.45) is -0.0234. The van der Waals surface area contributed by atoms with Crippen LogP contribution < -0.4 is 5.32 Å². The van der Waals surface area contributed by atoms with Gasteiger partial charge in [0.1, 0.15) is 11.9 Å². The molecule has 0 amide bonds. The second kappa shape index (κ2) is 7.63. The van der Waals surface area contributed by atoms with Gasteiger partial charge in [-0.15, -0.1) is 0 Å². The van der Waals surface area contributed by atoms with Crippen molar-refractivity contribution < 1.29 is 18.1 Å². The highest BCUT2D eigenvalue weighted by molar-refractivity contribution is 5.62. The summed E-state index contributed by atoms with van der Waals surface area (Å²) in [6, 6.07) is 9.97. The molecule has 0 aliphatic carbocycles. The van der Waals surface area contributed by atoms with E-state index >= 15 is 0 Å². The zero-order valence-corrected chi connectivity index (χ0v) is 14.6. The van der Waals surface area contributed by atoms with Crippen molar-refractivity contribution in [2.45, 2.75) is 19.1 Å². The summed E-state index contributed by atoms with van der Waals surface area (Å²) >= 11 is 0. The van der Waals surface area contributed by atoms with E-state index in [1.807, 2.05) is 24.3 Å². The molecule has 1 N–H and O–H groups in total. The minimum atomic E-state index is -4.82. The average molecular weight is 388 g/mol. The molecule has 28 heavy (non-hydrogen) atoms. The fourth-order valence-electron chi connectivity index (χ4n) is 2.76. The number of nitrogens with zero attached hydrogens (tertiary/aromatic N) is 3. The summed E-state index contributed by atoms with van der Waals surface area (Å²) in [6.45, 7) is 1.79. The molecule has 0 fully saturated rings. The second-order valence-corrected chi connectivity index (χ2v) is 6.10. The van der Waals surface area contributed by atoms with Crippen molar-refractivity contribution >= 4 is 11.4 Å². The second-order valence-electron chi connectivity index (χ2n) is 6.10. The molecule has 2 aromatic carbocycles. The van der Waals surface area contributed by atoms with Gasteiger partial charge in [-0.05, 0) is 30.2 Å². The molecular weight excluding hydrogens is 373 g/mol. The Bertz CT molecular complexity index is 977. The molecule has 3 rings (SSSR count). The van der Waals surface area contributed by atoms with Crippen LogP contribution in [0.15, 0.2) is 61.2 Å². The molecule has 0 radical (unpaired) electrons. The van der Waals surface area contributed by atoms with Crippen LogP contribution in [0.1, 0.15) is 24.1 Å². The van der Waals surface area contributed by atoms with Crippen LogP contribution in [0.25, 0.3) is 11.1 Å². The minimum Gasteiger partial charge on any atom is -0.379 e. The van der Waals surface area contributed by atoms with Crippen molar-refractivity contribution in [3.05, 3.63) is 82.4 Å². The fraction of sp³-hybridized carbons (Fsp3) is 0.158. The molecule has 0 aliphatic heterocycles. The first-order valence-electron chi connectivity index (χ1n) is 8.23. The standard InChI is InChI=1S/C19H15F3N4O2/c1-12(13-2-4-14(5-3-13)15-9-23-11-24-10-15)25-16-6-7-18(26(27)28)17(8-16)19(20,21)22/h2-12,25H,1H3. The van der Waals surface area contributed by atoms with Crippen molar-refractivity contribution in [2.75, 3.05) is 5.32 Å². The monoisotopic (exact) mass is 388 g/mol. The van der Waals surface area contributed by atoms with Crippen LogP contribution in [-0.2, 0) is 6.18 Å². The highest BCUT2D eigenvalue weighted by Crippen LogP contribution is 2.38. The predicted octanol–water partition coefficient (Wildman–Crippen LogP) is 5.24. The number of nitro groups is 1. The van der Waals surface area contributed by atoms with Crippen LogP contribution in [-0.4, -0.2) is 14.9 Å². The first-order valence-corrected chi connectivity index (χ1v) is 8.23. The van der Waals surface area contributed by atoms with Gasteiger partial charge < -0.3 is 5.32 Å². The van der Waals surface area contributed by atoms with Crippen LogP contribution >= 0.6 is 0 Å². The first kappa shape index (κ1) is 19.3. The number of alkyl halides is 3. The summed E-state index contributed by atoms with van der Waals surface area (Å²) in [5, 5.41) is 13.8. The quantitative estimate of drug-likeness (QED) is 0.477. The molecule has 6 nitrogen and oxygen atoms in total. The van der Waals surface area contributed by atoms with Crippen LogP contribution in [0, 0.1) is 10.1 Å². The highest BCUT2D eigenvalue weighted by atomic mass is 19.4. The first-order chi connectivity index (χ1) is 13.3. The maximum absolute atomic E-state index is 13.1. The zero-order valence-electron chi connectivity index (χ0n) is 14.6. The lowest BCUT2D eigenvalue weighted by Crippen LogP contribution is -2.11. The van der Waals surface area contributed by atoms with E-state index in [1.54, 1.807) is 19.3 Å². The van der Waals surface area contributed by atoms with E-state index in [4.69, 9.17) is 0 Å². The molecule has 0 bridgehead atoms. The summed E-state index contributed by atoms with van der Waals surface area (Å²) < 4.78 is 39.3. The van der Waals surface area contributed by atoms with Gasteiger partial charge >= 0.3 is 6.18 Å². The molecule has 0 saturated carbocycles. The van der Waals surface area contributed by atoms with E-state index in [9.17, 15) is 23.3 Å². The molecule has 1 aromatic heterocycles. The van der Waals surface area contributed by atoms with Crippen molar-refractivity contribution in [1.29, 1.82) is 0 Å². The maximum atomic E-state index is 13.1. The number of halogens is 3. The topological polar surface area (TPSA) is 81.0 Å². The molecule has 0 spiro atoms. The Morgan fingerprint density at radius 1 is 1.04 bits per heavy atom. The molecule has 3 aromatic rings. The maximum Gasteiger partial charge on any atom is 0.423 e. The van der Waals surface area contributed by atoms with E-state index in [0.29, 0.717) is 0 Å². The highest BCUT2D eigenvalue weighted by Gasteiger charge is 2.38. The third kappa shape index (κ3) is 4.25. The van der Waals surface area contributed by atoms with Gasteiger partial charge in [-0.1, -0.05) is 24.3 Å². The number of aromatic nitrogens is 2. The molecule has 9 heteroatoms. The van der Waals surface area contributed by atoms with Gasteiger partial charge in [-0.2, -0.15) is 13.2 Å².